The number of fused-ring (bicyclic) bond motifs is 2. The lowest BCUT2D eigenvalue weighted by molar-refractivity contribution is 0.250. The van der Waals surface area contributed by atoms with Crippen molar-refractivity contribution in [2.45, 2.75) is 58.2 Å². The highest BCUT2D eigenvalue weighted by atomic mass is 32.1. The van der Waals surface area contributed by atoms with Crippen LogP contribution < -0.4 is 21.3 Å². The van der Waals surface area contributed by atoms with E-state index in [1.54, 1.807) is 0 Å². The van der Waals surface area contributed by atoms with Gasteiger partial charge in [0, 0.05) is 24.3 Å². The molecular weight excluding hydrogens is 332 g/mol. The maximum absolute atomic E-state index is 11.7. The predicted octanol–water partition coefficient (Wildman–Crippen LogP) is 3.37. The maximum atomic E-state index is 11.7. The van der Waals surface area contributed by atoms with E-state index >= 15 is 0 Å². The van der Waals surface area contributed by atoms with Gasteiger partial charge in [-0.3, -0.25) is 0 Å². The number of hydrogen-bond acceptors (Lipinski definition) is 2. The molecule has 25 heavy (non-hydrogen) atoms. The molecule has 0 saturated heterocycles. The van der Waals surface area contributed by atoms with Gasteiger partial charge in [-0.2, -0.15) is 0 Å². The molecule has 1 aromatic rings. The monoisotopic (exact) mass is 360 g/mol. The van der Waals surface area contributed by atoms with Gasteiger partial charge in [0.15, 0.2) is 5.11 Å². The van der Waals surface area contributed by atoms with Crippen molar-refractivity contribution in [1.82, 2.24) is 16.0 Å². The van der Waals surface area contributed by atoms with Gasteiger partial charge in [0.1, 0.15) is 0 Å². The third-order valence-corrected chi connectivity index (χ3v) is 5.40. The van der Waals surface area contributed by atoms with E-state index in [1.165, 1.54) is 25.7 Å². The maximum Gasteiger partial charge on any atom is 0.319 e. The Morgan fingerprint density at radius 1 is 1.20 bits per heavy atom. The lowest BCUT2D eigenvalue weighted by atomic mass is 9.96. The topological polar surface area (TPSA) is 65.2 Å². The first-order valence-electron chi connectivity index (χ1n) is 9.20. The number of nitrogens with one attached hydrogen (secondary N) is 4. The molecule has 3 atom stereocenters. The molecule has 136 valence electrons. The van der Waals surface area contributed by atoms with E-state index in [2.05, 4.69) is 21.3 Å². The summed E-state index contributed by atoms with van der Waals surface area (Å²) in [6.45, 7) is 4.55. The van der Waals surface area contributed by atoms with Crippen LogP contribution in [0.15, 0.2) is 24.3 Å². The van der Waals surface area contributed by atoms with Gasteiger partial charge in [0.25, 0.3) is 0 Å². The van der Waals surface area contributed by atoms with Crippen LogP contribution >= 0.6 is 12.2 Å². The summed E-state index contributed by atoms with van der Waals surface area (Å²) < 4.78 is 0. The van der Waals surface area contributed by atoms with Crippen LogP contribution in [-0.4, -0.2) is 23.2 Å². The molecule has 0 radical (unpaired) electrons. The first kappa shape index (κ1) is 18.0. The van der Waals surface area contributed by atoms with Gasteiger partial charge >= 0.3 is 6.03 Å². The average Bonchev–Trinajstić information content (AvgIpc) is 3.16. The Morgan fingerprint density at radius 2 is 1.96 bits per heavy atom. The SMILES string of the molecule is CC(C)NC(=O)Nc1ccc(CNC(=S)NC2CC3CCC2C3)cc1. The molecule has 0 heterocycles. The van der Waals surface area contributed by atoms with Crippen molar-refractivity contribution in [3.8, 4) is 0 Å². The summed E-state index contributed by atoms with van der Waals surface area (Å²) in [5, 5.41) is 13.2. The van der Waals surface area contributed by atoms with Crippen molar-refractivity contribution in [3.63, 3.8) is 0 Å². The quantitative estimate of drug-likeness (QED) is 0.608. The molecule has 0 aliphatic heterocycles. The number of amides is 2. The predicted molar refractivity (Wildman–Crippen MR) is 106 cm³/mol. The molecule has 2 bridgehead atoms. The highest BCUT2D eigenvalue weighted by Crippen LogP contribution is 2.44. The second kappa shape index (κ2) is 8.04. The van der Waals surface area contributed by atoms with Crippen molar-refractivity contribution in [3.05, 3.63) is 29.8 Å². The number of anilines is 1. The number of urea groups is 1. The van der Waals surface area contributed by atoms with Crippen molar-refractivity contribution in [2.75, 3.05) is 5.32 Å². The molecular formula is C19H28N4OS. The number of carbonyl (C=O) groups is 1. The molecule has 2 aliphatic carbocycles. The van der Waals surface area contributed by atoms with Gasteiger partial charge in [-0.05, 0) is 74.9 Å². The van der Waals surface area contributed by atoms with E-state index in [-0.39, 0.29) is 12.1 Å². The summed E-state index contributed by atoms with van der Waals surface area (Å²) in [6, 6.07) is 8.30. The lowest BCUT2D eigenvalue weighted by Crippen LogP contribution is -2.43. The van der Waals surface area contributed by atoms with E-state index in [4.69, 9.17) is 12.2 Å². The second-order valence-electron chi connectivity index (χ2n) is 7.56. The zero-order chi connectivity index (χ0) is 17.8. The minimum atomic E-state index is -0.183. The Balaban J connectivity index is 1.41. The Labute approximate surface area is 155 Å². The molecule has 5 nitrogen and oxygen atoms in total. The molecule has 2 saturated carbocycles. The largest absolute Gasteiger partial charge is 0.360 e. The van der Waals surface area contributed by atoms with Gasteiger partial charge in [-0.15, -0.1) is 0 Å². The Morgan fingerprint density at radius 3 is 2.56 bits per heavy atom. The zero-order valence-electron chi connectivity index (χ0n) is 15.0. The number of hydrogen-bond donors (Lipinski definition) is 4. The molecule has 1 aromatic carbocycles. The Bertz CT molecular complexity index is 616. The minimum absolute atomic E-state index is 0.118. The van der Waals surface area contributed by atoms with Crippen LogP contribution in [0.25, 0.3) is 0 Å². The van der Waals surface area contributed by atoms with Crippen LogP contribution in [0.3, 0.4) is 0 Å². The molecule has 2 amide bonds. The van der Waals surface area contributed by atoms with Gasteiger partial charge in [0.05, 0.1) is 0 Å². The Kier molecular flexibility index (Phi) is 5.78. The molecule has 2 aliphatic rings. The normalized spacial score (nSPS) is 24.2. The van der Waals surface area contributed by atoms with E-state index in [1.807, 2.05) is 38.1 Å². The van der Waals surface area contributed by atoms with Crippen LogP contribution in [0.4, 0.5) is 10.5 Å². The zero-order valence-corrected chi connectivity index (χ0v) is 15.8. The summed E-state index contributed by atoms with van der Waals surface area (Å²) in [5.74, 6) is 1.73. The standard InChI is InChI=1S/C19H28N4OS/c1-12(2)21-18(24)22-16-7-4-13(5-8-16)11-20-19(25)23-17-10-14-3-6-15(17)9-14/h4-5,7-8,12,14-15,17H,3,6,9-11H2,1-2H3,(H2,20,23,25)(H2,21,22,24). The van der Waals surface area contributed by atoms with E-state index in [0.717, 1.165) is 28.2 Å². The van der Waals surface area contributed by atoms with Crippen molar-refractivity contribution in [1.29, 1.82) is 0 Å². The average molecular weight is 361 g/mol. The molecule has 2 fully saturated rings. The fourth-order valence-electron chi connectivity index (χ4n) is 3.96. The smallest absolute Gasteiger partial charge is 0.319 e. The van der Waals surface area contributed by atoms with Crippen LogP contribution in [0.1, 0.15) is 45.1 Å². The van der Waals surface area contributed by atoms with Crippen molar-refractivity contribution >= 4 is 29.0 Å². The fourth-order valence-corrected chi connectivity index (χ4v) is 4.18. The van der Waals surface area contributed by atoms with Gasteiger partial charge in [-0.1, -0.05) is 18.6 Å². The first-order valence-corrected chi connectivity index (χ1v) is 9.61. The summed E-state index contributed by atoms with van der Waals surface area (Å²) in [6.07, 6.45) is 5.40. The van der Waals surface area contributed by atoms with Crippen molar-refractivity contribution < 1.29 is 4.79 Å². The third-order valence-electron chi connectivity index (χ3n) is 5.14. The van der Waals surface area contributed by atoms with E-state index < -0.39 is 0 Å². The highest BCUT2D eigenvalue weighted by Gasteiger charge is 2.39. The van der Waals surface area contributed by atoms with Gasteiger partial charge in [-0.25, -0.2) is 4.79 Å². The number of thiocarbonyl (C=S) groups is 1. The molecule has 0 aromatic heterocycles. The number of rotatable bonds is 5. The molecule has 6 heteroatoms. The van der Waals surface area contributed by atoms with Crippen molar-refractivity contribution in [2.24, 2.45) is 11.8 Å². The second-order valence-corrected chi connectivity index (χ2v) is 7.97. The van der Waals surface area contributed by atoms with Crippen LogP contribution in [0.2, 0.25) is 0 Å². The fraction of sp³-hybridized carbons (Fsp3) is 0.579. The lowest BCUT2D eigenvalue weighted by Gasteiger charge is -2.24. The minimum Gasteiger partial charge on any atom is -0.360 e. The number of carbonyl (C=O) groups excluding carboxylic acids is 1. The molecule has 4 N–H and O–H groups in total. The summed E-state index contributed by atoms with van der Waals surface area (Å²) in [4.78, 5) is 11.7. The van der Waals surface area contributed by atoms with Gasteiger partial charge < -0.3 is 21.3 Å². The van der Waals surface area contributed by atoms with Crippen LogP contribution in [0, 0.1) is 11.8 Å². The third kappa shape index (κ3) is 5.08. The van der Waals surface area contributed by atoms with Gasteiger partial charge in [0.2, 0.25) is 0 Å². The summed E-state index contributed by atoms with van der Waals surface area (Å²) >= 11 is 5.44. The van der Waals surface area contributed by atoms with E-state index in [9.17, 15) is 4.79 Å². The molecule has 0 spiro atoms. The van der Waals surface area contributed by atoms with Crippen LogP contribution in [0.5, 0.6) is 0 Å². The van der Waals surface area contributed by atoms with E-state index in [0.29, 0.717) is 12.6 Å². The molecule has 3 rings (SSSR count). The van der Waals surface area contributed by atoms with Crippen LogP contribution in [-0.2, 0) is 6.54 Å². The summed E-state index contributed by atoms with van der Waals surface area (Å²) in [7, 11) is 0. The Hall–Kier alpha value is -1.82. The highest BCUT2D eigenvalue weighted by molar-refractivity contribution is 7.80. The first-order chi connectivity index (χ1) is 12.0. The number of benzene rings is 1. The summed E-state index contributed by atoms with van der Waals surface area (Å²) in [5.41, 5.74) is 1.91. The molecule has 3 unspecified atom stereocenters.